The molecule has 2 aromatic heterocycles. The first-order chi connectivity index (χ1) is 14.3. The minimum Gasteiger partial charge on any atom is -0.322 e. The highest BCUT2D eigenvalue weighted by Crippen LogP contribution is 2.21. The topological polar surface area (TPSA) is 81.8 Å². The normalized spacial score (nSPS) is 11.1. The van der Waals surface area contributed by atoms with Gasteiger partial charge in [0.05, 0.1) is 28.1 Å². The Balaban J connectivity index is 1.72. The van der Waals surface area contributed by atoms with Crippen molar-refractivity contribution >= 4 is 34.1 Å². The molecule has 0 atom stereocenters. The van der Waals surface area contributed by atoms with Crippen LogP contribution < -0.4 is 10.9 Å². The lowest BCUT2D eigenvalue weighted by Gasteiger charge is -2.08. The van der Waals surface area contributed by atoms with E-state index in [0.29, 0.717) is 27.3 Å². The third-order valence-corrected chi connectivity index (χ3v) is 4.94. The first-order valence-corrected chi connectivity index (χ1v) is 9.50. The number of benzene rings is 2. The lowest BCUT2D eigenvalue weighted by atomic mass is 10.2. The number of aryl methyl sites for hydroxylation is 2. The molecule has 0 aliphatic rings. The van der Waals surface area contributed by atoms with Gasteiger partial charge in [-0.1, -0.05) is 23.7 Å². The summed E-state index contributed by atoms with van der Waals surface area (Å²) < 4.78 is 16.5. The standard InChI is InChI=1S/C21H17ClFN5O2/c1-12-20-19(13(2)28(26-20)15-9-7-14(22)8-10-15)21(30)27(25-12)11-18(29)24-17-6-4-3-5-16(17)23/h3-10H,11H2,1-2H3,(H,24,29). The van der Waals surface area contributed by atoms with Gasteiger partial charge in [0.1, 0.15) is 17.9 Å². The number of aromatic nitrogens is 4. The Kier molecular flexibility index (Phi) is 5.09. The third kappa shape index (κ3) is 3.57. The molecule has 1 amide bonds. The lowest BCUT2D eigenvalue weighted by molar-refractivity contribution is -0.117. The molecule has 4 aromatic rings. The van der Waals surface area contributed by atoms with Crippen molar-refractivity contribution in [2.24, 2.45) is 0 Å². The zero-order chi connectivity index (χ0) is 21.4. The predicted molar refractivity (Wildman–Crippen MR) is 113 cm³/mol. The first-order valence-electron chi connectivity index (χ1n) is 9.12. The second kappa shape index (κ2) is 7.72. The number of amides is 1. The summed E-state index contributed by atoms with van der Waals surface area (Å²) >= 11 is 5.95. The van der Waals surface area contributed by atoms with Crippen LogP contribution in [-0.2, 0) is 11.3 Å². The summed E-state index contributed by atoms with van der Waals surface area (Å²) in [6.45, 7) is 3.13. The molecule has 2 aromatic carbocycles. The van der Waals surface area contributed by atoms with Crippen molar-refractivity contribution in [1.29, 1.82) is 0 Å². The lowest BCUT2D eigenvalue weighted by Crippen LogP contribution is -2.30. The fourth-order valence-corrected chi connectivity index (χ4v) is 3.37. The van der Waals surface area contributed by atoms with Gasteiger partial charge in [0.25, 0.3) is 5.56 Å². The second-order valence-corrected chi connectivity index (χ2v) is 7.21. The number of halogens is 2. The van der Waals surface area contributed by atoms with Gasteiger partial charge >= 0.3 is 0 Å². The molecule has 0 radical (unpaired) electrons. The Bertz CT molecular complexity index is 1330. The molecule has 0 aliphatic heterocycles. The van der Waals surface area contributed by atoms with Crippen molar-refractivity contribution in [3.63, 3.8) is 0 Å². The number of carbonyl (C=O) groups excluding carboxylic acids is 1. The molecule has 2 heterocycles. The van der Waals surface area contributed by atoms with Crippen molar-refractivity contribution in [2.75, 3.05) is 5.32 Å². The Morgan fingerprint density at radius 3 is 2.50 bits per heavy atom. The van der Waals surface area contributed by atoms with Crippen LogP contribution >= 0.6 is 11.6 Å². The van der Waals surface area contributed by atoms with Crippen molar-refractivity contribution in [3.8, 4) is 5.69 Å². The van der Waals surface area contributed by atoms with Crippen LogP contribution in [0.15, 0.2) is 53.3 Å². The maximum atomic E-state index is 13.8. The number of para-hydroxylation sites is 1. The van der Waals surface area contributed by atoms with Crippen LogP contribution in [0.2, 0.25) is 5.02 Å². The van der Waals surface area contributed by atoms with Crippen molar-refractivity contribution in [3.05, 3.63) is 81.1 Å². The maximum absolute atomic E-state index is 13.8. The Morgan fingerprint density at radius 2 is 1.80 bits per heavy atom. The fraction of sp³-hybridized carbons (Fsp3) is 0.143. The molecule has 0 saturated heterocycles. The Labute approximate surface area is 175 Å². The molecule has 9 heteroatoms. The van der Waals surface area contributed by atoms with Crippen LogP contribution in [-0.4, -0.2) is 25.5 Å². The molecule has 0 spiro atoms. The van der Waals surface area contributed by atoms with Crippen molar-refractivity contribution in [2.45, 2.75) is 20.4 Å². The van der Waals surface area contributed by atoms with Crippen LogP contribution in [0.5, 0.6) is 0 Å². The zero-order valence-corrected chi connectivity index (χ0v) is 16.9. The molecular formula is C21H17ClFN5O2. The van der Waals surface area contributed by atoms with E-state index in [1.165, 1.54) is 18.2 Å². The average Bonchev–Trinajstić information content (AvgIpc) is 3.06. The molecule has 0 bridgehead atoms. The Hall–Kier alpha value is -3.52. The summed E-state index contributed by atoms with van der Waals surface area (Å²) in [4.78, 5) is 25.4. The number of carbonyl (C=O) groups is 1. The average molecular weight is 426 g/mol. The van der Waals surface area contributed by atoms with Gasteiger partial charge in [0.15, 0.2) is 0 Å². The van der Waals surface area contributed by atoms with Crippen LogP contribution in [0.1, 0.15) is 11.4 Å². The van der Waals surface area contributed by atoms with E-state index in [2.05, 4.69) is 15.5 Å². The largest absolute Gasteiger partial charge is 0.322 e. The van der Waals surface area contributed by atoms with Gasteiger partial charge in [-0.2, -0.15) is 10.2 Å². The molecule has 0 saturated carbocycles. The minimum atomic E-state index is -0.559. The van der Waals surface area contributed by atoms with E-state index in [-0.39, 0.29) is 12.2 Å². The maximum Gasteiger partial charge on any atom is 0.278 e. The minimum absolute atomic E-state index is 0.0417. The van der Waals surface area contributed by atoms with Gasteiger partial charge < -0.3 is 5.32 Å². The quantitative estimate of drug-likeness (QED) is 0.541. The summed E-state index contributed by atoms with van der Waals surface area (Å²) in [5.41, 5.74) is 1.91. The van der Waals surface area contributed by atoms with Gasteiger partial charge in [0.2, 0.25) is 5.91 Å². The highest BCUT2D eigenvalue weighted by molar-refractivity contribution is 6.30. The van der Waals surface area contributed by atoms with Crippen LogP contribution in [0, 0.1) is 19.7 Å². The summed E-state index contributed by atoms with van der Waals surface area (Å²) in [6.07, 6.45) is 0. The highest BCUT2D eigenvalue weighted by atomic mass is 35.5. The summed E-state index contributed by atoms with van der Waals surface area (Å²) in [5, 5.41) is 12.2. The van der Waals surface area contributed by atoms with Gasteiger partial charge in [0, 0.05) is 5.02 Å². The molecule has 1 N–H and O–H groups in total. The van der Waals surface area contributed by atoms with E-state index in [9.17, 15) is 14.0 Å². The first kappa shape index (κ1) is 19.8. The number of nitrogens with zero attached hydrogens (tertiary/aromatic N) is 4. The molecule has 4 rings (SSSR count). The molecule has 0 unspecified atom stereocenters. The number of hydrogen-bond acceptors (Lipinski definition) is 4. The van der Waals surface area contributed by atoms with Gasteiger partial charge in [-0.05, 0) is 50.2 Å². The van der Waals surface area contributed by atoms with E-state index in [1.54, 1.807) is 48.9 Å². The molecular weight excluding hydrogens is 409 g/mol. The van der Waals surface area contributed by atoms with E-state index in [4.69, 9.17) is 11.6 Å². The monoisotopic (exact) mass is 425 g/mol. The zero-order valence-electron chi connectivity index (χ0n) is 16.2. The third-order valence-electron chi connectivity index (χ3n) is 4.69. The molecule has 30 heavy (non-hydrogen) atoms. The van der Waals surface area contributed by atoms with Gasteiger partial charge in [-0.3, -0.25) is 9.59 Å². The van der Waals surface area contributed by atoms with Gasteiger partial charge in [-0.25, -0.2) is 13.8 Å². The van der Waals surface area contributed by atoms with E-state index in [1.807, 2.05) is 0 Å². The number of anilines is 1. The van der Waals surface area contributed by atoms with Crippen LogP contribution in [0.25, 0.3) is 16.6 Å². The fourth-order valence-electron chi connectivity index (χ4n) is 3.24. The van der Waals surface area contributed by atoms with E-state index in [0.717, 1.165) is 10.4 Å². The Morgan fingerprint density at radius 1 is 1.10 bits per heavy atom. The number of fused-ring (bicyclic) bond motifs is 1. The van der Waals surface area contributed by atoms with Crippen LogP contribution in [0.4, 0.5) is 10.1 Å². The highest BCUT2D eigenvalue weighted by Gasteiger charge is 2.19. The molecule has 152 valence electrons. The number of hydrogen-bond donors (Lipinski definition) is 1. The second-order valence-electron chi connectivity index (χ2n) is 6.77. The van der Waals surface area contributed by atoms with E-state index >= 15 is 0 Å². The number of rotatable bonds is 4. The smallest absolute Gasteiger partial charge is 0.278 e. The summed E-state index contributed by atoms with van der Waals surface area (Å²) in [7, 11) is 0. The van der Waals surface area contributed by atoms with Crippen molar-refractivity contribution < 1.29 is 9.18 Å². The predicted octanol–water partition coefficient (Wildman–Crippen LogP) is 3.63. The molecule has 0 aliphatic carbocycles. The molecule has 0 fully saturated rings. The van der Waals surface area contributed by atoms with Crippen molar-refractivity contribution in [1.82, 2.24) is 19.6 Å². The number of nitrogens with one attached hydrogen (secondary N) is 1. The summed E-state index contributed by atoms with van der Waals surface area (Å²) in [6, 6.07) is 12.9. The van der Waals surface area contributed by atoms with Crippen LogP contribution in [0.3, 0.4) is 0 Å². The SMILES string of the molecule is Cc1nn(CC(=O)Nc2ccccc2F)c(=O)c2c(C)n(-c3ccc(Cl)cc3)nc12. The van der Waals surface area contributed by atoms with E-state index < -0.39 is 17.3 Å². The molecule has 7 nitrogen and oxygen atoms in total. The summed E-state index contributed by atoms with van der Waals surface area (Å²) in [5.74, 6) is -1.12. The van der Waals surface area contributed by atoms with Gasteiger partial charge in [-0.15, -0.1) is 0 Å².